The van der Waals surface area contributed by atoms with E-state index in [1.54, 1.807) is 23.9 Å². The van der Waals surface area contributed by atoms with Gasteiger partial charge in [0.1, 0.15) is 0 Å². The molecular formula is C14H18FN5O2S. The number of carbonyl (C=O) groups is 1. The van der Waals surface area contributed by atoms with Crippen molar-refractivity contribution in [2.75, 3.05) is 19.9 Å². The topological polar surface area (TPSA) is 73.1 Å². The summed E-state index contributed by atoms with van der Waals surface area (Å²) in [5.74, 6) is -0.126. The Bertz CT molecular complexity index is 679. The zero-order chi connectivity index (χ0) is 16.8. The molecule has 9 heteroatoms. The van der Waals surface area contributed by atoms with Gasteiger partial charge in [-0.15, -0.1) is 5.10 Å². The maximum atomic E-state index is 13.7. The van der Waals surface area contributed by atoms with E-state index in [9.17, 15) is 9.18 Å². The molecule has 0 saturated carbocycles. The number of ether oxygens (including phenoxy) is 1. The molecule has 0 aliphatic rings. The Labute approximate surface area is 137 Å². The number of hydrogen-bond donors (Lipinski definition) is 0. The number of halogens is 1. The summed E-state index contributed by atoms with van der Waals surface area (Å²) in [6.45, 7) is 2.89. The van der Waals surface area contributed by atoms with E-state index in [2.05, 4.69) is 15.5 Å². The van der Waals surface area contributed by atoms with Crippen molar-refractivity contribution in [2.45, 2.75) is 25.2 Å². The summed E-state index contributed by atoms with van der Waals surface area (Å²) in [7, 11) is 3.09. The highest BCUT2D eigenvalue weighted by Gasteiger charge is 2.14. The molecular weight excluding hydrogens is 321 g/mol. The van der Waals surface area contributed by atoms with Crippen LogP contribution >= 0.6 is 11.8 Å². The summed E-state index contributed by atoms with van der Waals surface area (Å²) in [6.07, 6.45) is 0. The lowest BCUT2D eigenvalue weighted by atomic mass is 10.2. The SMILES string of the molecule is CCn1nnnc1SCC(=O)N(C)Cc1ccc(OC)c(F)c1. The second kappa shape index (κ2) is 7.91. The number of aromatic nitrogens is 4. The van der Waals surface area contributed by atoms with Crippen molar-refractivity contribution in [1.29, 1.82) is 0 Å². The van der Waals surface area contributed by atoms with Gasteiger partial charge in [0.15, 0.2) is 11.6 Å². The molecule has 0 aliphatic carbocycles. The van der Waals surface area contributed by atoms with Crippen molar-refractivity contribution in [3.63, 3.8) is 0 Å². The van der Waals surface area contributed by atoms with Gasteiger partial charge in [-0.3, -0.25) is 4.79 Å². The highest BCUT2D eigenvalue weighted by Crippen LogP contribution is 2.19. The molecule has 1 heterocycles. The van der Waals surface area contributed by atoms with Gasteiger partial charge >= 0.3 is 0 Å². The molecule has 0 unspecified atom stereocenters. The van der Waals surface area contributed by atoms with Gasteiger partial charge in [-0.2, -0.15) is 0 Å². The van der Waals surface area contributed by atoms with Crippen LogP contribution in [-0.2, 0) is 17.9 Å². The number of aryl methyl sites for hydroxylation is 1. The van der Waals surface area contributed by atoms with Crippen LogP contribution < -0.4 is 4.74 Å². The zero-order valence-corrected chi connectivity index (χ0v) is 14.0. The van der Waals surface area contributed by atoms with Crippen molar-refractivity contribution < 1.29 is 13.9 Å². The van der Waals surface area contributed by atoms with Gasteiger partial charge in [-0.1, -0.05) is 17.8 Å². The van der Waals surface area contributed by atoms with Gasteiger partial charge in [0, 0.05) is 20.1 Å². The summed E-state index contributed by atoms with van der Waals surface area (Å²) >= 11 is 1.28. The molecule has 0 bridgehead atoms. The number of rotatable bonds is 7. The number of hydrogen-bond acceptors (Lipinski definition) is 6. The van der Waals surface area contributed by atoms with Crippen molar-refractivity contribution in [3.05, 3.63) is 29.6 Å². The van der Waals surface area contributed by atoms with Gasteiger partial charge in [0.25, 0.3) is 0 Å². The van der Waals surface area contributed by atoms with Crippen LogP contribution in [0, 0.1) is 5.82 Å². The Morgan fingerprint density at radius 3 is 2.91 bits per heavy atom. The number of benzene rings is 1. The first-order valence-corrected chi connectivity index (χ1v) is 7.99. The normalized spacial score (nSPS) is 10.6. The van der Waals surface area contributed by atoms with E-state index in [0.29, 0.717) is 23.8 Å². The van der Waals surface area contributed by atoms with Gasteiger partial charge in [0.05, 0.1) is 12.9 Å². The fourth-order valence-corrected chi connectivity index (χ4v) is 2.79. The molecule has 1 amide bonds. The quantitative estimate of drug-likeness (QED) is 0.713. The Morgan fingerprint density at radius 1 is 1.48 bits per heavy atom. The summed E-state index contributed by atoms with van der Waals surface area (Å²) in [4.78, 5) is 13.7. The molecule has 2 rings (SSSR count). The Hall–Kier alpha value is -2.16. The Morgan fingerprint density at radius 2 is 2.26 bits per heavy atom. The summed E-state index contributed by atoms with van der Waals surface area (Å²) in [5.41, 5.74) is 0.697. The lowest BCUT2D eigenvalue weighted by Gasteiger charge is -2.17. The lowest BCUT2D eigenvalue weighted by molar-refractivity contribution is -0.127. The first-order valence-electron chi connectivity index (χ1n) is 7.00. The third kappa shape index (κ3) is 4.41. The summed E-state index contributed by atoms with van der Waals surface area (Å²) < 4.78 is 20.2. The molecule has 1 aromatic carbocycles. The van der Waals surface area contributed by atoms with Crippen LogP contribution in [0.4, 0.5) is 4.39 Å². The maximum absolute atomic E-state index is 13.7. The largest absolute Gasteiger partial charge is 0.494 e. The Balaban J connectivity index is 1.91. The number of carbonyl (C=O) groups excluding carboxylic acids is 1. The minimum absolute atomic E-state index is 0.0862. The number of nitrogens with zero attached hydrogens (tertiary/aromatic N) is 5. The molecule has 0 radical (unpaired) electrons. The monoisotopic (exact) mass is 339 g/mol. The van der Waals surface area contributed by atoms with E-state index in [4.69, 9.17) is 4.74 Å². The van der Waals surface area contributed by atoms with Crippen molar-refractivity contribution >= 4 is 17.7 Å². The van der Waals surface area contributed by atoms with Crippen LogP contribution in [0.5, 0.6) is 5.75 Å². The number of methoxy groups -OCH3 is 1. The number of amides is 1. The van der Waals surface area contributed by atoms with Gasteiger partial charge < -0.3 is 9.64 Å². The lowest BCUT2D eigenvalue weighted by Crippen LogP contribution is -2.28. The van der Waals surface area contributed by atoms with Crippen LogP contribution in [0.1, 0.15) is 12.5 Å². The smallest absolute Gasteiger partial charge is 0.233 e. The van der Waals surface area contributed by atoms with E-state index in [1.165, 1.54) is 29.8 Å². The highest BCUT2D eigenvalue weighted by molar-refractivity contribution is 7.99. The fraction of sp³-hybridized carbons (Fsp3) is 0.429. The molecule has 0 fully saturated rings. The molecule has 124 valence electrons. The standard InChI is InChI=1S/C14H18FN5O2S/c1-4-20-14(16-17-18-20)23-9-13(21)19(2)8-10-5-6-12(22-3)11(15)7-10/h5-7H,4,8-9H2,1-3H3. The predicted octanol–water partition coefficient (Wildman–Crippen LogP) is 1.59. The van der Waals surface area contributed by atoms with E-state index >= 15 is 0 Å². The average molecular weight is 339 g/mol. The summed E-state index contributed by atoms with van der Waals surface area (Å²) in [5, 5.41) is 11.8. The molecule has 1 aromatic heterocycles. The van der Waals surface area contributed by atoms with Crippen molar-refractivity contribution in [1.82, 2.24) is 25.1 Å². The molecule has 0 N–H and O–H groups in total. The van der Waals surface area contributed by atoms with Crippen molar-refractivity contribution in [2.24, 2.45) is 0 Å². The second-order valence-corrected chi connectivity index (χ2v) is 5.73. The molecule has 0 spiro atoms. The maximum Gasteiger partial charge on any atom is 0.233 e. The van der Waals surface area contributed by atoms with E-state index in [-0.39, 0.29) is 17.4 Å². The van der Waals surface area contributed by atoms with Gasteiger partial charge in [0.2, 0.25) is 11.1 Å². The number of thioether (sulfide) groups is 1. The first kappa shape index (κ1) is 17.2. The molecule has 2 aromatic rings. The van der Waals surface area contributed by atoms with Crippen molar-refractivity contribution in [3.8, 4) is 5.75 Å². The van der Waals surface area contributed by atoms with Gasteiger partial charge in [-0.05, 0) is 35.0 Å². The van der Waals surface area contributed by atoms with E-state index in [1.807, 2.05) is 6.92 Å². The molecule has 0 aliphatic heterocycles. The number of tetrazole rings is 1. The summed E-state index contributed by atoms with van der Waals surface area (Å²) in [6, 6.07) is 4.65. The molecule has 0 saturated heterocycles. The predicted molar refractivity (Wildman–Crippen MR) is 83.6 cm³/mol. The van der Waals surface area contributed by atoms with E-state index in [0.717, 1.165) is 0 Å². The third-order valence-electron chi connectivity index (χ3n) is 3.19. The Kier molecular flexibility index (Phi) is 5.91. The van der Waals surface area contributed by atoms with Crippen LogP contribution in [0.25, 0.3) is 0 Å². The van der Waals surface area contributed by atoms with Crippen LogP contribution in [0.3, 0.4) is 0 Å². The molecule has 0 atom stereocenters. The molecule has 23 heavy (non-hydrogen) atoms. The van der Waals surface area contributed by atoms with E-state index < -0.39 is 5.82 Å². The highest BCUT2D eigenvalue weighted by atomic mass is 32.2. The third-order valence-corrected chi connectivity index (χ3v) is 4.13. The second-order valence-electron chi connectivity index (χ2n) is 4.78. The fourth-order valence-electron chi connectivity index (χ4n) is 1.91. The van der Waals surface area contributed by atoms with Gasteiger partial charge in [-0.25, -0.2) is 9.07 Å². The minimum Gasteiger partial charge on any atom is -0.494 e. The minimum atomic E-state index is -0.442. The van der Waals surface area contributed by atoms with Crippen LogP contribution in [0.2, 0.25) is 0 Å². The first-order chi connectivity index (χ1) is 11.0. The van der Waals surface area contributed by atoms with Crippen LogP contribution in [0.15, 0.2) is 23.4 Å². The average Bonchev–Trinajstić information content (AvgIpc) is 3.00. The van der Waals surface area contributed by atoms with Crippen LogP contribution in [-0.4, -0.2) is 50.9 Å². The molecule has 7 nitrogen and oxygen atoms in total. The zero-order valence-electron chi connectivity index (χ0n) is 13.2.